The van der Waals surface area contributed by atoms with E-state index in [4.69, 9.17) is 18.9 Å². The number of carbonyl (C=O) groups is 1. The van der Waals surface area contributed by atoms with Gasteiger partial charge < -0.3 is 24.3 Å². The number of hydrogen-bond donors (Lipinski definition) is 1. The first kappa shape index (κ1) is 26.9. The van der Waals surface area contributed by atoms with Gasteiger partial charge in [-0.15, -0.1) is 0 Å². The van der Waals surface area contributed by atoms with Gasteiger partial charge in [-0.1, -0.05) is 36.4 Å². The van der Waals surface area contributed by atoms with Gasteiger partial charge in [-0.25, -0.2) is 0 Å². The van der Waals surface area contributed by atoms with Crippen LogP contribution in [0.15, 0.2) is 66.7 Å². The molecule has 0 fully saturated rings. The molecule has 1 atom stereocenters. The highest BCUT2D eigenvalue weighted by Crippen LogP contribution is 2.45. The molecule has 0 saturated heterocycles. The summed E-state index contributed by atoms with van der Waals surface area (Å²) in [5, 5.41) is 4.87. The van der Waals surface area contributed by atoms with Gasteiger partial charge in [0.25, 0.3) is 0 Å². The third kappa shape index (κ3) is 5.86. The minimum Gasteiger partial charge on any atom is -0.497 e. The van der Waals surface area contributed by atoms with Crippen LogP contribution >= 0.6 is 0 Å². The van der Waals surface area contributed by atoms with E-state index in [1.807, 2.05) is 68.4 Å². The molecule has 1 amide bonds. The Bertz CT molecular complexity index is 1430. The smallest absolute Gasteiger partial charge is 0.217 e. The summed E-state index contributed by atoms with van der Waals surface area (Å²) in [5.74, 6) is 2.79. The molecule has 0 aliphatic carbocycles. The number of benzene rings is 4. The lowest BCUT2D eigenvalue weighted by Gasteiger charge is -2.22. The number of amides is 1. The van der Waals surface area contributed by atoms with Crippen LogP contribution in [0.3, 0.4) is 0 Å². The molecular formula is C32H35NO5. The van der Waals surface area contributed by atoms with Crippen LogP contribution in [-0.2, 0) is 17.8 Å². The summed E-state index contributed by atoms with van der Waals surface area (Å²) >= 11 is 0. The second-order valence-electron chi connectivity index (χ2n) is 9.44. The molecule has 0 aliphatic heterocycles. The molecule has 0 radical (unpaired) electrons. The summed E-state index contributed by atoms with van der Waals surface area (Å²) in [7, 11) is 4.97. The number of fused-ring (bicyclic) bond motifs is 1. The van der Waals surface area contributed by atoms with Crippen molar-refractivity contribution in [2.75, 3.05) is 21.3 Å². The molecule has 6 nitrogen and oxygen atoms in total. The van der Waals surface area contributed by atoms with Gasteiger partial charge >= 0.3 is 0 Å². The van der Waals surface area contributed by atoms with Crippen molar-refractivity contribution in [3.63, 3.8) is 0 Å². The lowest BCUT2D eigenvalue weighted by atomic mass is 9.89. The van der Waals surface area contributed by atoms with Gasteiger partial charge in [0.15, 0.2) is 0 Å². The van der Waals surface area contributed by atoms with Crippen molar-refractivity contribution in [1.82, 2.24) is 5.32 Å². The molecule has 4 rings (SSSR count). The highest BCUT2D eigenvalue weighted by Gasteiger charge is 2.21. The average molecular weight is 514 g/mol. The molecule has 0 aliphatic rings. The predicted molar refractivity (Wildman–Crippen MR) is 152 cm³/mol. The van der Waals surface area contributed by atoms with Crippen LogP contribution < -0.4 is 24.3 Å². The van der Waals surface area contributed by atoms with E-state index in [1.165, 1.54) is 6.92 Å². The zero-order chi connectivity index (χ0) is 27.2. The van der Waals surface area contributed by atoms with Crippen molar-refractivity contribution < 1.29 is 23.7 Å². The van der Waals surface area contributed by atoms with Crippen LogP contribution in [0.2, 0.25) is 0 Å². The Balaban J connectivity index is 1.92. The molecule has 38 heavy (non-hydrogen) atoms. The Morgan fingerprint density at radius 1 is 0.868 bits per heavy atom. The van der Waals surface area contributed by atoms with Crippen molar-refractivity contribution in [1.29, 1.82) is 0 Å². The average Bonchev–Trinajstić information content (AvgIpc) is 2.90. The highest BCUT2D eigenvalue weighted by atomic mass is 16.5. The predicted octanol–water partition coefficient (Wildman–Crippen LogP) is 6.49. The van der Waals surface area contributed by atoms with E-state index in [9.17, 15) is 4.79 Å². The molecule has 4 aromatic rings. The zero-order valence-corrected chi connectivity index (χ0v) is 22.9. The second kappa shape index (κ2) is 11.9. The first-order chi connectivity index (χ1) is 18.3. The number of hydrogen-bond acceptors (Lipinski definition) is 5. The molecule has 0 unspecified atom stereocenters. The van der Waals surface area contributed by atoms with Crippen LogP contribution in [0.25, 0.3) is 21.9 Å². The van der Waals surface area contributed by atoms with Crippen molar-refractivity contribution in [3.05, 3.63) is 83.4 Å². The first-order valence-electron chi connectivity index (χ1n) is 12.6. The van der Waals surface area contributed by atoms with Gasteiger partial charge in [0.05, 0.1) is 26.7 Å². The molecule has 1 N–H and O–H groups in total. The number of nitrogens with one attached hydrogen (secondary N) is 1. The van der Waals surface area contributed by atoms with Gasteiger partial charge in [0.1, 0.15) is 29.6 Å². The fourth-order valence-corrected chi connectivity index (χ4v) is 4.91. The summed E-state index contributed by atoms with van der Waals surface area (Å²) in [4.78, 5) is 11.7. The maximum absolute atomic E-state index is 11.7. The molecule has 0 saturated carbocycles. The molecule has 4 aromatic carbocycles. The fourth-order valence-electron chi connectivity index (χ4n) is 4.91. The van der Waals surface area contributed by atoms with Crippen molar-refractivity contribution in [2.24, 2.45) is 0 Å². The normalized spacial score (nSPS) is 11.6. The summed E-state index contributed by atoms with van der Waals surface area (Å²) < 4.78 is 23.6. The molecule has 198 valence electrons. The molecule has 0 spiro atoms. The number of carbonyl (C=O) groups excluding carboxylic acids is 1. The molecule has 6 heteroatoms. The minimum atomic E-state index is -0.0842. The summed E-state index contributed by atoms with van der Waals surface area (Å²) in [5.41, 5.74) is 5.08. The Labute approximate surface area is 224 Å². The van der Waals surface area contributed by atoms with Crippen molar-refractivity contribution in [3.8, 4) is 34.1 Å². The lowest BCUT2D eigenvalue weighted by molar-refractivity contribution is -0.119. The standard InChI is InChI=1S/C32H35NO5/c1-20-14-27-26(31-24(16-21(2)33-22(3)34)17-25(35-4)18-30(31)37-6)12-13-28(32(27)29(15-20)36-5)38-19-23-10-8-7-9-11-23/h7-15,17-18,21H,16,19H2,1-6H3,(H,33,34)/t21-/m1/s1. The van der Waals surface area contributed by atoms with Gasteiger partial charge in [-0.3, -0.25) is 4.79 Å². The quantitative estimate of drug-likeness (QED) is 0.263. The van der Waals surface area contributed by atoms with E-state index in [2.05, 4.69) is 17.4 Å². The number of methoxy groups -OCH3 is 3. The van der Waals surface area contributed by atoms with Crippen LogP contribution in [0.4, 0.5) is 0 Å². The highest BCUT2D eigenvalue weighted by molar-refractivity contribution is 6.05. The van der Waals surface area contributed by atoms with E-state index in [0.29, 0.717) is 24.5 Å². The third-order valence-electron chi connectivity index (χ3n) is 6.50. The van der Waals surface area contributed by atoms with Crippen LogP contribution in [0.1, 0.15) is 30.5 Å². The maximum Gasteiger partial charge on any atom is 0.217 e. The van der Waals surface area contributed by atoms with E-state index in [-0.39, 0.29) is 11.9 Å². The monoisotopic (exact) mass is 513 g/mol. The Kier molecular flexibility index (Phi) is 8.41. The largest absolute Gasteiger partial charge is 0.497 e. The number of rotatable bonds is 10. The van der Waals surface area contributed by atoms with E-state index < -0.39 is 0 Å². The zero-order valence-electron chi connectivity index (χ0n) is 22.9. The number of aryl methyl sites for hydroxylation is 1. The van der Waals surface area contributed by atoms with E-state index in [1.54, 1.807) is 21.3 Å². The fraction of sp³-hybridized carbons (Fsp3) is 0.281. The second-order valence-corrected chi connectivity index (χ2v) is 9.44. The van der Waals surface area contributed by atoms with Gasteiger partial charge in [-0.05, 0) is 72.2 Å². The minimum absolute atomic E-state index is 0.0698. The molecule has 0 heterocycles. The van der Waals surface area contributed by atoms with Crippen LogP contribution in [0.5, 0.6) is 23.0 Å². The van der Waals surface area contributed by atoms with Crippen molar-refractivity contribution in [2.45, 2.75) is 39.8 Å². The van der Waals surface area contributed by atoms with E-state index in [0.717, 1.165) is 50.1 Å². The van der Waals surface area contributed by atoms with Gasteiger partial charge in [0.2, 0.25) is 5.91 Å². The topological polar surface area (TPSA) is 66.0 Å². The molecule has 0 bridgehead atoms. The van der Waals surface area contributed by atoms with Gasteiger partial charge in [-0.2, -0.15) is 0 Å². The lowest BCUT2D eigenvalue weighted by Crippen LogP contribution is -2.32. The summed E-state index contributed by atoms with van der Waals surface area (Å²) in [6.45, 7) is 6.01. The van der Waals surface area contributed by atoms with Crippen molar-refractivity contribution >= 4 is 16.7 Å². The molecular weight excluding hydrogens is 478 g/mol. The Hall–Kier alpha value is -4.19. The SMILES string of the molecule is COc1cc(C[C@@H](C)NC(C)=O)c(-c2ccc(OCc3ccccc3)c3c(OC)cc(C)cc23)c(OC)c1. The number of ether oxygens (including phenoxy) is 4. The summed E-state index contributed by atoms with van der Waals surface area (Å²) in [6.07, 6.45) is 0.596. The summed E-state index contributed by atoms with van der Waals surface area (Å²) in [6, 6.07) is 22.1. The maximum atomic E-state index is 11.7. The Morgan fingerprint density at radius 2 is 1.61 bits per heavy atom. The van der Waals surface area contributed by atoms with E-state index >= 15 is 0 Å². The first-order valence-corrected chi connectivity index (χ1v) is 12.6. The van der Waals surface area contributed by atoms with Crippen LogP contribution in [0, 0.1) is 6.92 Å². The Morgan fingerprint density at radius 3 is 2.26 bits per heavy atom. The third-order valence-corrected chi connectivity index (χ3v) is 6.50. The van der Waals surface area contributed by atoms with Gasteiger partial charge in [0, 0.05) is 24.6 Å². The molecule has 0 aromatic heterocycles. The van der Waals surface area contributed by atoms with Crippen LogP contribution in [-0.4, -0.2) is 33.3 Å².